The van der Waals surface area contributed by atoms with Gasteiger partial charge in [0, 0.05) is 12.5 Å². The molecular formula is C14H13FN2O2S. The van der Waals surface area contributed by atoms with E-state index < -0.39 is 10.7 Å². The van der Waals surface area contributed by atoms with Gasteiger partial charge in [-0.25, -0.2) is 4.39 Å². The Morgan fingerprint density at radius 1 is 1.35 bits per heavy atom. The molecule has 0 heterocycles. The van der Waals surface area contributed by atoms with Crippen LogP contribution in [-0.4, -0.2) is 11.2 Å². The summed E-state index contributed by atoms with van der Waals surface area (Å²) in [5.41, 5.74) is 6.41. The number of thioether (sulfide) groups is 1. The second-order valence-electron chi connectivity index (χ2n) is 4.23. The molecule has 2 aromatic carbocycles. The summed E-state index contributed by atoms with van der Waals surface area (Å²) in [5, 5.41) is 11.2. The lowest BCUT2D eigenvalue weighted by Crippen LogP contribution is -2.04. The van der Waals surface area contributed by atoms with E-state index in [-0.39, 0.29) is 16.3 Å². The largest absolute Gasteiger partial charge is 0.396 e. The third-order valence-corrected chi connectivity index (χ3v) is 3.79. The minimum Gasteiger partial charge on any atom is -0.396 e. The molecule has 0 aliphatic rings. The third-order valence-electron chi connectivity index (χ3n) is 2.95. The van der Waals surface area contributed by atoms with Crippen molar-refractivity contribution in [2.24, 2.45) is 0 Å². The predicted octanol–water partition coefficient (Wildman–Crippen LogP) is 3.63. The lowest BCUT2D eigenvalue weighted by molar-refractivity contribution is -0.385. The number of nitro groups is 1. The molecule has 4 nitrogen and oxygen atoms in total. The highest BCUT2D eigenvalue weighted by Crippen LogP contribution is 2.36. The van der Waals surface area contributed by atoms with Gasteiger partial charge < -0.3 is 5.73 Å². The number of hydrogen-bond acceptors (Lipinski definition) is 4. The lowest BCUT2D eigenvalue weighted by Gasteiger charge is -2.11. The van der Waals surface area contributed by atoms with E-state index in [0.717, 1.165) is 23.4 Å². The number of nitrogens with zero attached hydrogens (tertiary/aromatic N) is 1. The van der Waals surface area contributed by atoms with Gasteiger partial charge in [-0.1, -0.05) is 30.3 Å². The van der Waals surface area contributed by atoms with Gasteiger partial charge in [-0.2, -0.15) is 0 Å². The van der Waals surface area contributed by atoms with E-state index in [1.807, 2.05) is 30.3 Å². The zero-order valence-corrected chi connectivity index (χ0v) is 11.6. The van der Waals surface area contributed by atoms with Crippen LogP contribution in [0.5, 0.6) is 0 Å². The summed E-state index contributed by atoms with van der Waals surface area (Å²) in [6.45, 7) is 0. The van der Waals surface area contributed by atoms with Crippen molar-refractivity contribution in [2.75, 3.05) is 12.0 Å². The summed E-state index contributed by atoms with van der Waals surface area (Å²) in [7, 11) is 0. The highest BCUT2D eigenvalue weighted by molar-refractivity contribution is 7.98. The first kappa shape index (κ1) is 14.3. The molecule has 0 amide bonds. The van der Waals surface area contributed by atoms with Crippen molar-refractivity contribution in [2.45, 2.75) is 11.3 Å². The van der Waals surface area contributed by atoms with Crippen LogP contribution in [-0.2, 0) is 6.42 Å². The first-order valence-electron chi connectivity index (χ1n) is 5.87. The summed E-state index contributed by atoms with van der Waals surface area (Å²) in [6.07, 6.45) is 1.97. The number of rotatable bonds is 4. The molecule has 0 spiro atoms. The van der Waals surface area contributed by atoms with Crippen LogP contribution < -0.4 is 5.73 Å². The smallest absolute Gasteiger partial charge is 0.276 e. The molecule has 0 saturated heterocycles. The second-order valence-corrected chi connectivity index (χ2v) is 5.05. The molecule has 2 rings (SSSR count). The first-order chi connectivity index (χ1) is 9.54. The van der Waals surface area contributed by atoms with E-state index >= 15 is 0 Å². The summed E-state index contributed by atoms with van der Waals surface area (Å²) in [5.74, 6) is -0.589. The standard InChI is InChI=1S/C14H13FN2O2S/c1-20-14-10(7-9-5-3-2-4-6-9)12(17(18)19)8-11(16)13(14)15/h2-6,8H,7,16H2,1H3. The average molecular weight is 292 g/mol. The van der Waals surface area contributed by atoms with E-state index in [4.69, 9.17) is 5.73 Å². The van der Waals surface area contributed by atoms with Crippen molar-refractivity contribution in [3.05, 3.63) is 63.5 Å². The van der Waals surface area contributed by atoms with Gasteiger partial charge in [0.1, 0.15) is 0 Å². The maximum Gasteiger partial charge on any atom is 0.276 e. The Bertz CT molecular complexity index is 647. The van der Waals surface area contributed by atoms with Crippen LogP contribution in [0.4, 0.5) is 15.8 Å². The SMILES string of the molecule is CSc1c(F)c(N)cc([N+](=O)[O-])c1Cc1ccccc1. The van der Waals surface area contributed by atoms with Gasteiger partial charge in [-0.15, -0.1) is 11.8 Å². The van der Waals surface area contributed by atoms with Crippen molar-refractivity contribution >= 4 is 23.1 Å². The molecule has 0 aromatic heterocycles. The Hall–Kier alpha value is -2.08. The number of hydrogen-bond donors (Lipinski definition) is 1. The molecule has 0 unspecified atom stereocenters. The number of anilines is 1. The fourth-order valence-corrected chi connectivity index (χ4v) is 2.74. The summed E-state index contributed by atoms with van der Waals surface area (Å²) >= 11 is 1.13. The van der Waals surface area contributed by atoms with Crippen LogP contribution in [0.15, 0.2) is 41.3 Å². The molecule has 6 heteroatoms. The summed E-state index contributed by atoms with van der Waals surface area (Å²) in [6, 6.07) is 10.3. The van der Waals surface area contributed by atoms with Crippen molar-refractivity contribution < 1.29 is 9.31 Å². The van der Waals surface area contributed by atoms with E-state index in [1.165, 1.54) is 0 Å². The molecule has 0 radical (unpaired) electrons. The van der Waals surface area contributed by atoms with Gasteiger partial charge in [0.2, 0.25) is 0 Å². The normalized spacial score (nSPS) is 10.5. The van der Waals surface area contributed by atoms with E-state index in [9.17, 15) is 14.5 Å². The molecule has 0 bridgehead atoms. The Kier molecular flexibility index (Phi) is 4.24. The summed E-state index contributed by atoms with van der Waals surface area (Å²) in [4.78, 5) is 10.9. The fourth-order valence-electron chi connectivity index (χ4n) is 2.02. The van der Waals surface area contributed by atoms with Crippen molar-refractivity contribution in [3.63, 3.8) is 0 Å². The van der Waals surface area contributed by atoms with Crippen molar-refractivity contribution in [3.8, 4) is 0 Å². The van der Waals surface area contributed by atoms with Gasteiger partial charge in [0.25, 0.3) is 5.69 Å². The van der Waals surface area contributed by atoms with E-state index in [2.05, 4.69) is 0 Å². The van der Waals surface area contributed by atoms with Crippen molar-refractivity contribution in [1.82, 2.24) is 0 Å². The Balaban J connectivity index is 2.59. The Labute approximate surface area is 119 Å². The van der Waals surface area contributed by atoms with Gasteiger partial charge in [-0.05, 0) is 11.8 Å². The number of nitro benzene ring substituents is 1. The van der Waals surface area contributed by atoms with Crippen LogP contribution in [0.1, 0.15) is 11.1 Å². The third kappa shape index (κ3) is 2.75. The number of nitrogen functional groups attached to an aromatic ring is 1. The zero-order chi connectivity index (χ0) is 14.7. The number of nitrogens with two attached hydrogens (primary N) is 1. The minimum atomic E-state index is -0.589. The second kappa shape index (κ2) is 5.92. The monoisotopic (exact) mass is 292 g/mol. The van der Waals surface area contributed by atoms with Gasteiger partial charge in [-0.3, -0.25) is 10.1 Å². The van der Waals surface area contributed by atoms with Crippen LogP contribution >= 0.6 is 11.8 Å². The maximum absolute atomic E-state index is 14.0. The van der Waals surface area contributed by atoms with Crippen LogP contribution in [0.25, 0.3) is 0 Å². The first-order valence-corrected chi connectivity index (χ1v) is 7.10. The summed E-state index contributed by atoms with van der Waals surface area (Å²) < 4.78 is 14.0. The molecule has 0 aliphatic carbocycles. The molecule has 0 aliphatic heterocycles. The van der Waals surface area contributed by atoms with Crippen LogP contribution in [0, 0.1) is 15.9 Å². The predicted molar refractivity (Wildman–Crippen MR) is 78.5 cm³/mol. The van der Waals surface area contributed by atoms with Crippen LogP contribution in [0.3, 0.4) is 0 Å². The minimum absolute atomic E-state index is 0.142. The lowest BCUT2D eigenvalue weighted by atomic mass is 10.0. The zero-order valence-electron chi connectivity index (χ0n) is 10.8. The maximum atomic E-state index is 14.0. The van der Waals surface area contributed by atoms with Crippen LogP contribution in [0.2, 0.25) is 0 Å². The molecule has 20 heavy (non-hydrogen) atoms. The molecule has 2 N–H and O–H groups in total. The highest BCUT2D eigenvalue weighted by Gasteiger charge is 2.23. The van der Waals surface area contributed by atoms with Gasteiger partial charge in [0.05, 0.1) is 21.1 Å². The van der Waals surface area contributed by atoms with Gasteiger partial charge in [0.15, 0.2) is 5.82 Å². The molecular weight excluding hydrogens is 279 g/mol. The van der Waals surface area contributed by atoms with Gasteiger partial charge >= 0.3 is 0 Å². The van der Waals surface area contributed by atoms with E-state index in [1.54, 1.807) is 6.26 Å². The Morgan fingerprint density at radius 2 is 2.00 bits per heavy atom. The average Bonchev–Trinajstić information content (AvgIpc) is 2.44. The Morgan fingerprint density at radius 3 is 2.55 bits per heavy atom. The topological polar surface area (TPSA) is 69.2 Å². The highest BCUT2D eigenvalue weighted by atomic mass is 32.2. The molecule has 104 valence electrons. The molecule has 0 saturated carbocycles. The number of benzene rings is 2. The quantitative estimate of drug-likeness (QED) is 0.404. The fraction of sp³-hybridized carbons (Fsp3) is 0.143. The van der Waals surface area contributed by atoms with E-state index in [0.29, 0.717) is 12.0 Å². The van der Waals surface area contributed by atoms with Crippen molar-refractivity contribution in [1.29, 1.82) is 0 Å². The number of halogens is 1. The molecule has 0 atom stereocenters. The molecule has 0 fully saturated rings. The molecule has 2 aromatic rings.